The molecule has 6 rings (SSSR count). The molecule has 2 fully saturated rings. The lowest BCUT2D eigenvalue weighted by Gasteiger charge is -2.34. The molecule has 16 heteroatoms. The zero-order valence-electron chi connectivity index (χ0n) is 21.6. The lowest BCUT2D eigenvalue weighted by Crippen LogP contribution is -2.50. The second kappa shape index (κ2) is 9.94. The van der Waals surface area contributed by atoms with Gasteiger partial charge in [-0.25, -0.2) is 22.8 Å². The summed E-state index contributed by atoms with van der Waals surface area (Å²) in [6.45, 7) is 0. The average Bonchev–Trinajstić information content (AvgIpc) is 3.46. The first-order chi connectivity index (χ1) is 19.4. The van der Waals surface area contributed by atoms with Gasteiger partial charge >= 0.3 is 6.30 Å². The smallest absolute Gasteiger partial charge is 0.382 e. The topological polar surface area (TPSA) is 146 Å². The Morgan fingerprint density at radius 1 is 1.12 bits per heavy atom. The first-order valence-electron chi connectivity index (χ1n) is 13.1. The molecule has 4 N–H and O–H groups in total. The summed E-state index contributed by atoms with van der Waals surface area (Å²) < 4.78 is 79.4. The summed E-state index contributed by atoms with van der Waals surface area (Å²) in [5, 5.41) is 13.6. The molecule has 0 amide bonds. The van der Waals surface area contributed by atoms with Gasteiger partial charge in [0.05, 0.1) is 34.6 Å². The standard InChI is InChI=1S/C25H27F4N9O2S/c26-16-1-3-17(4-2-16)34-21-11-24(30,32-13-19(21)20-8-10-37(36-20)25(27,28)29)22-7-9-31-23(35-22)15-12-33-38(14-15)41(39,40)18-5-6-18/h7-14,16-18,32,34H,1-6,30H2. The summed E-state index contributed by atoms with van der Waals surface area (Å²) in [6, 6.07) is 2.69. The lowest BCUT2D eigenvalue weighted by molar-refractivity contribution is -0.212. The van der Waals surface area contributed by atoms with Crippen molar-refractivity contribution in [1.29, 1.82) is 0 Å². The number of aromatic nitrogens is 6. The van der Waals surface area contributed by atoms with Crippen LogP contribution in [0.3, 0.4) is 0 Å². The maximum Gasteiger partial charge on any atom is 0.504 e. The van der Waals surface area contributed by atoms with Crippen molar-refractivity contribution in [1.82, 2.24) is 39.6 Å². The van der Waals surface area contributed by atoms with E-state index in [0.717, 1.165) is 10.3 Å². The number of dihydropyridines is 1. The minimum Gasteiger partial charge on any atom is -0.382 e. The van der Waals surface area contributed by atoms with Crippen molar-refractivity contribution in [2.75, 3.05) is 0 Å². The summed E-state index contributed by atoms with van der Waals surface area (Å²) in [4.78, 5) is 8.80. The van der Waals surface area contributed by atoms with Crippen molar-refractivity contribution in [3.8, 4) is 11.4 Å². The molecule has 218 valence electrons. The number of allylic oxidation sites excluding steroid dienone is 1. The van der Waals surface area contributed by atoms with Gasteiger partial charge in [0, 0.05) is 35.9 Å². The van der Waals surface area contributed by atoms with Crippen LogP contribution < -0.4 is 16.4 Å². The van der Waals surface area contributed by atoms with Crippen molar-refractivity contribution < 1.29 is 26.0 Å². The van der Waals surface area contributed by atoms with Crippen LogP contribution in [0.5, 0.6) is 0 Å². The molecule has 1 aliphatic heterocycles. The lowest BCUT2D eigenvalue weighted by atomic mass is 9.91. The van der Waals surface area contributed by atoms with Gasteiger partial charge in [-0.05, 0) is 56.7 Å². The second-order valence-electron chi connectivity index (χ2n) is 10.4. The van der Waals surface area contributed by atoms with E-state index in [-0.39, 0.29) is 22.2 Å². The number of nitrogens with two attached hydrogens (primary N) is 1. The number of nitrogens with one attached hydrogen (secondary N) is 2. The van der Waals surface area contributed by atoms with Gasteiger partial charge in [-0.15, -0.1) is 13.2 Å². The number of nitrogens with zero attached hydrogens (tertiary/aromatic N) is 6. The first kappa shape index (κ1) is 27.4. The third-order valence-corrected chi connectivity index (χ3v) is 9.40. The van der Waals surface area contributed by atoms with Crippen LogP contribution in [0.15, 0.2) is 54.9 Å². The summed E-state index contributed by atoms with van der Waals surface area (Å²) in [7, 11) is -3.57. The highest BCUT2D eigenvalue weighted by Crippen LogP contribution is 2.33. The molecule has 0 spiro atoms. The Morgan fingerprint density at radius 3 is 2.56 bits per heavy atom. The Labute approximate surface area is 232 Å². The molecule has 0 aromatic carbocycles. The summed E-state index contributed by atoms with van der Waals surface area (Å²) in [6.07, 6.45) is 5.51. The van der Waals surface area contributed by atoms with Crippen molar-refractivity contribution in [3.05, 3.63) is 66.3 Å². The SMILES string of the molecule is NC1(c2ccnc(-c3cnn(S(=O)(=O)C4CC4)c3)n2)C=C(NC2CCC(F)CC2)C(c2ccn(C(F)(F)F)n2)=CN1. The van der Waals surface area contributed by atoms with E-state index in [1.807, 2.05) is 0 Å². The Kier molecular flexibility index (Phi) is 6.64. The molecule has 0 bridgehead atoms. The van der Waals surface area contributed by atoms with E-state index in [1.54, 1.807) is 12.1 Å². The van der Waals surface area contributed by atoms with E-state index in [0.29, 0.717) is 61.1 Å². The fourth-order valence-corrected chi connectivity index (χ4v) is 6.40. The van der Waals surface area contributed by atoms with Crippen molar-refractivity contribution in [3.63, 3.8) is 0 Å². The monoisotopic (exact) mass is 593 g/mol. The third-order valence-electron chi connectivity index (χ3n) is 7.36. The van der Waals surface area contributed by atoms with Crippen LogP contribution in [0.1, 0.15) is 49.9 Å². The highest BCUT2D eigenvalue weighted by atomic mass is 32.2. The van der Waals surface area contributed by atoms with E-state index in [9.17, 15) is 26.0 Å². The van der Waals surface area contributed by atoms with E-state index >= 15 is 0 Å². The van der Waals surface area contributed by atoms with Gasteiger partial charge in [-0.2, -0.15) is 19.0 Å². The number of alkyl halides is 4. The van der Waals surface area contributed by atoms with Crippen LogP contribution in [0, 0.1) is 0 Å². The first-order valence-corrected chi connectivity index (χ1v) is 14.6. The Hall–Kier alpha value is -3.79. The van der Waals surface area contributed by atoms with Crippen LogP contribution in [0.25, 0.3) is 17.0 Å². The molecule has 2 saturated carbocycles. The van der Waals surface area contributed by atoms with E-state index in [2.05, 4.69) is 30.8 Å². The molecular formula is C25H27F4N9O2S. The summed E-state index contributed by atoms with van der Waals surface area (Å²) in [5.74, 6) is 0.189. The highest BCUT2D eigenvalue weighted by Gasteiger charge is 2.38. The predicted molar refractivity (Wildman–Crippen MR) is 139 cm³/mol. The maximum atomic E-state index is 13.8. The van der Waals surface area contributed by atoms with E-state index in [1.165, 1.54) is 30.9 Å². The molecule has 2 aliphatic carbocycles. The Balaban J connectivity index is 1.32. The van der Waals surface area contributed by atoms with E-state index in [4.69, 9.17) is 5.73 Å². The van der Waals surface area contributed by atoms with Crippen LogP contribution in [-0.2, 0) is 22.0 Å². The Bertz CT molecular complexity index is 1620. The van der Waals surface area contributed by atoms with Crippen LogP contribution >= 0.6 is 0 Å². The number of hydrogen-bond acceptors (Lipinski definition) is 9. The van der Waals surface area contributed by atoms with Gasteiger partial charge in [0.25, 0.3) is 10.0 Å². The molecule has 1 unspecified atom stereocenters. The molecule has 4 heterocycles. The van der Waals surface area contributed by atoms with Gasteiger partial charge in [0.15, 0.2) is 11.5 Å². The van der Waals surface area contributed by atoms with Gasteiger partial charge in [0.1, 0.15) is 6.17 Å². The molecule has 3 aromatic heterocycles. The molecule has 3 aliphatic rings. The van der Waals surface area contributed by atoms with Gasteiger partial charge in [0.2, 0.25) is 0 Å². The maximum absolute atomic E-state index is 13.8. The number of hydrogen-bond donors (Lipinski definition) is 3. The average molecular weight is 594 g/mol. The molecule has 1 atom stereocenters. The summed E-state index contributed by atoms with van der Waals surface area (Å²) >= 11 is 0. The predicted octanol–water partition coefficient (Wildman–Crippen LogP) is 2.86. The van der Waals surface area contributed by atoms with Crippen LogP contribution in [0.4, 0.5) is 17.6 Å². The third kappa shape index (κ3) is 5.45. The zero-order valence-corrected chi connectivity index (χ0v) is 22.4. The van der Waals surface area contributed by atoms with Gasteiger partial charge in [-0.3, -0.25) is 0 Å². The zero-order chi connectivity index (χ0) is 29.0. The summed E-state index contributed by atoms with van der Waals surface area (Å²) in [5.41, 5.74) is 6.81. The fourth-order valence-electron chi connectivity index (χ4n) is 4.93. The quantitative estimate of drug-likeness (QED) is 0.352. The highest BCUT2D eigenvalue weighted by molar-refractivity contribution is 7.90. The van der Waals surface area contributed by atoms with Crippen LogP contribution in [0.2, 0.25) is 0 Å². The molecule has 11 nitrogen and oxygen atoms in total. The van der Waals surface area contributed by atoms with Crippen LogP contribution in [-0.4, -0.2) is 54.8 Å². The number of rotatable bonds is 7. The molecule has 3 aromatic rings. The molecular weight excluding hydrogens is 566 g/mol. The normalized spacial score (nSPS) is 25.3. The largest absolute Gasteiger partial charge is 0.504 e. The molecule has 41 heavy (non-hydrogen) atoms. The van der Waals surface area contributed by atoms with Gasteiger partial charge < -0.3 is 16.4 Å². The Morgan fingerprint density at radius 2 is 1.88 bits per heavy atom. The van der Waals surface area contributed by atoms with Gasteiger partial charge in [-0.1, -0.05) is 0 Å². The minimum absolute atomic E-state index is 0.0578. The number of halogens is 4. The van der Waals surface area contributed by atoms with E-state index < -0.39 is 33.4 Å². The minimum atomic E-state index is -4.68. The molecule has 0 radical (unpaired) electrons. The fraction of sp³-hybridized carbons (Fsp3) is 0.440. The van der Waals surface area contributed by atoms with Crippen molar-refractivity contribution >= 4 is 15.6 Å². The second-order valence-corrected chi connectivity index (χ2v) is 12.5. The molecule has 0 saturated heterocycles. The van der Waals surface area contributed by atoms with Crippen molar-refractivity contribution in [2.45, 2.75) is 68.0 Å². The van der Waals surface area contributed by atoms with Crippen molar-refractivity contribution in [2.24, 2.45) is 5.73 Å².